The van der Waals surface area contributed by atoms with Crippen LogP contribution in [0, 0.1) is 0 Å². The number of hydrogen-bond donors (Lipinski definition) is 2. The number of aliphatic carboxylic acids is 1. The number of carboxylic acid groups (broad SMARTS) is 1. The first kappa shape index (κ1) is 14.0. The highest BCUT2D eigenvalue weighted by Crippen LogP contribution is 2.17. The van der Waals surface area contributed by atoms with E-state index < -0.39 is 12.1 Å². The molecule has 0 saturated heterocycles. The maximum absolute atomic E-state index is 10.4. The van der Waals surface area contributed by atoms with Gasteiger partial charge in [-0.05, 0) is 24.7 Å². The lowest BCUT2D eigenvalue weighted by molar-refractivity contribution is -0.137. The molecule has 1 aromatic carbocycles. The van der Waals surface area contributed by atoms with Crippen LogP contribution in [0.4, 0.5) is 0 Å². The molecule has 4 nitrogen and oxygen atoms in total. The average Bonchev–Trinajstić information content (AvgIpc) is 2.27. The van der Waals surface area contributed by atoms with Gasteiger partial charge in [0.2, 0.25) is 0 Å². The summed E-state index contributed by atoms with van der Waals surface area (Å²) < 4.78 is 0. The maximum Gasteiger partial charge on any atom is 0.304 e. The summed E-state index contributed by atoms with van der Waals surface area (Å²) in [5, 5.41) is 19.1. The molecule has 0 amide bonds. The van der Waals surface area contributed by atoms with Crippen molar-refractivity contribution < 1.29 is 15.0 Å². The van der Waals surface area contributed by atoms with Gasteiger partial charge in [0.25, 0.3) is 0 Å². The second-order valence-electron chi connectivity index (χ2n) is 3.97. The molecular weight excluding hydrogens is 242 g/mol. The number of aliphatic hydroxyl groups is 1. The van der Waals surface area contributed by atoms with Crippen molar-refractivity contribution in [3.8, 4) is 0 Å². The Kier molecular flexibility index (Phi) is 5.41. The quantitative estimate of drug-likeness (QED) is 0.816. The smallest absolute Gasteiger partial charge is 0.304 e. The Balaban J connectivity index is 2.45. The molecule has 0 aliphatic heterocycles. The minimum atomic E-state index is -0.835. The highest BCUT2D eigenvalue weighted by Gasteiger charge is 2.11. The normalized spacial score (nSPS) is 12.7. The summed E-state index contributed by atoms with van der Waals surface area (Å²) in [4.78, 5) is 12.2. The minimum absolute atomic E-state index is 0.0733. The average molecular weight is 258 g/mol. The summed E-state index contributed by atoms with van der Waals surface area (Å²) in [6, 6.07) is 6.96. The van der Waals surface area contributed by atoms with E-state index in [1.54, 1.807) is 36.2 Å². The third-order valence-corrected chi connectivity index (χ3v) is 2.70. The van der Waals surface area contributed by atoms with Gasteiger partial charge in [-0.1, -0.05) is 23.7 Å². The third-order valence-electron chi connectivity index (χ3n) is 2.45. The predicted octanol–water partition coefficient (Wildman–Crippen LogP) is 1.78. The topological polar surface area (TPSA) is 60.8 Å². The molecule has 17 heavy (non-hydrogen) atoms. The third kappa shape index (κ3) is 5.17. The van der Waals surface area contributed by atoms with E-state index in [1.807, 2.05) is 0 Å². The largest absolute Gasteiger partial charge is 0.481 e. The lowest BCUT2D eigenvalue weighted by Crippen LogP contribution is -2.27. The number of halogens is 1. The first-order valence-corrected chi connectivity index (χ1v) is 5.70. The highest BCUT2D eigenvalue weighted by molar-refractivity contribution is 6.30. The SMILES string of the molecule is CN(CCC(=O)O)CC(O)c1ccc(Cl)cc1. The monoisotopic (exact) mass is 257 g/mol. The van der Waals surface area contributed by atoms with E-state index in [1.165, 1.54) is 0 Å². The molecular formula is C12H16ClNO3. The van der Waals surface area contributed by atoms with Crippen molar-refractivity contribution >= 4 is 17.6 Å². The zero-order valence-electron chi connectivity index (χ0n) is 9.64. The van der Waals surface area contributed by atoms with Gasteiger partial charge in [-0.3, -0.25) is 4.79 Å². The summed E-state index contributed by atoms with van der Waals surface area (Å²) in [6.45, 7) is 0.814. The zero-order valence-corrected chi connectivity index (χ0v) is 10.4. The summed E-state index contributed by atoms with van der Waals surface area (Å²) in [5.74, 6) is -0.835. The molecule has 0 fully saturated rings. The fourth-order valence-corrected chi connectivity index (χ4v) is 1.59. The van der Waals surface area contributed by atoms with Crippen molar-refractivity contribution in [2.24, 2.45) is 0 Å². The van der Waals surface area contributed by atoms with Crippen LogP contribution in [-0.4, -0.2) is 41.2 Å². The van der Waals surface area contributed by atoms with Gasteiger partial charge in [-0.25, -0.2) is 0 Å². The van der Waals surface area contributed by atoms with E-state index in [-0.39, 0.29) is 6.42 Å². The molecule has 0 saturated carbocycles. The van der Waals surface area contributed by atoms with Crippen LogP contribution in [0.15, 0.2) is 24.3 Å². The van der Waals surface area contributed by atoms with Crippen LogP contribution in [0.25, 0.3) is 0 Å². The molecule has 0 aliphatic carbocycles. The van der Waals surface area contributed by atoms with Crippen molar-refractivity contribution in [3.63, 3.8) is 0 Å². The van der Waals surface area contributed by atoms with Crippen LogP contribution in [0.3, 0.4) is 0 Å². The molecule has 94 valence electrons. The lowest BCUT2D eigenvalue weighted by Gasteiger charge is -2.20. The molecule has 0 bridgehead atoms. The molecule has 1 rings (SSSR count). The molecule has 0 radical (unpaired) electrons. The number of hydrogen-bond acceptors (Lipinski definition) is 3. The molecule has 0 heterocycles. The van der Waals surface area contributed by atoms with Crippen molar-refractivity contribution in [2.45, 2.75) is 12.5 Å². The number of benzene rings is 1. The van der Waals surface area contributed by atoms with Crippen LogP contribution < -0.4 is 0 Å². The molecule has 2 N–H and O–H groups in total. The Morgan fingerprint density at radius 1 is 1.41 bits per heavy atom. The van der Waals surface area contributed by atoms with Crippen LogP contribution in [0.2, 0.25) is 5.02 Å². The van der Waals surface area contributed by atoms with Crippen molar-refractivity contribution in [2.75, 3.05) is 20.1 Å². The first-order chi connectivity index (χ1) is 7.99. The number of carboxylic acids is 1. The lowest BCUT2D eigenvalue weighted by atomic mass is 10.1. The fourth-order valence-electron chi connectivity index (χ4n) is 1.46. The molecule has 1 atom stereocenters. The fraction of sp³-hybridized carbons (Fsp3) is 0.417. The Morgan fingerprint density at radius 3 is 2.53 bits per heavy atom. The summed E-state index contributed by atoms with van der Waals surface area (Å²) >= 11 is 5.75. The van der Waals surface area contributed by atoms with Gasteiger partial charge < -0.3 is 15.1 Å². The molecule has 0 aromatic heterocycles. The van der Waals surface area contributed by atoms with E-state index in [2.05, 4.69) is 0 Å². The number of likely N-dealkylation sites (N-methyl/N-ethyl adjacent to an activating group) is 1. The second-order valence-corrected chi connectivity index (χ2v) is 4.41. The summed E-state index contributed by atoms with van der Waals surface area (Å²) in [7, 11) is 1.78. The van der Waals surface area contributed by atoms with Gasteiger partial charge in [0.15, 0.2) is 0 Å². The molecule has 1 unspecified atom stereocenters. The van der Waals surface area contributed by atoms with Crippen molar-refractivity contribution in [1.29, 1.82) is 0 Å². The Labute approximate surface area is 105 Å². The minimum Gasteiger partial charge on any atom is -0.481 e. The van der Waals surface area contributed by atoms with Gasteiger partial charge in [-0.2, -0.15) is 0 Å². The van der Waals surface area contributed by atoms with Gasteiger partial charge in [0.05, 0.1) is 12.5 Å². The van der Waals surface area contributed by atoms with Gasteiger partial charge in [0.1, 0.15) is 0 Å². The summed E-state index contributed by atoms with van der Waals surface area (Å²) in [6.07, 6.45) is -0.560. The molecule has 0 aliphatic rings. The van der Waals surface area contributed by atoms with Crippen LogP contribution in [-0.2, 0) is 4.79 Å². The standard InChI is InChI=1S/C12H16ClNO3/c1-14(7-6-12(16)17)8-11(15)9-2-4-10(13)5-3-9/h2-5,11,15H,6-8H2,1H3,(H,16,17). The maximum atomic E-state index is 10.4. The van der Waals surface area contributed by atoms with Crippen LogP contribution in [0.1, 0.15) is 18.1 Å². The first-order valence-electron chi connectivity index (χ1n) is 5.33. The number of carbonyl (C=O) groups is 1. The second kappa shape index (κ2) is 6.59. The van der Waals surface area contributed by atoms with Crippen LogP contribution >= 0.6 is 11.6 Å². The van der Waals surface area contributed by atoms with Gasteiger partial charge in [0, 0.05) is 18.1 Å². The van der Waals surface area contributed by atoms with Gasteiger partial charge in [-0.15, -0.1) is 0 Å². The van der Waals surface area contributed by atoms with E-state index in [0.717, 1.165) is 5.56 Å². The van der Waals surface area contributed by atoms with Crippen molar-refractivity contribution in [1.82, 2.24) is 4.90 Å². The molecule has 5 heteroatoms. The Morgan fingerprint density at radius 2 is 2.00 bits per heavy atom. The molecule has 0 spiro atoms. The van der Waals surface area contributed by atoms with Gasteiger partial charge >= 0.3 is 5.97 Å². The zero-order chi connectivity index (χ0) is 12.8. The van der Waals surface area contributed by atoms with Crippen LogP contribution in [0.5, 0.6) is 0 Å². The summed E-state index contributed by atoms with van der Waals surface area (Å²) in [5.41, 5.74) is 0.775. The number of rotatable bonds is 6. The van der Waals surface area contributed by atoms with E-state index >= 15 is 0 Å². The predicted molar refractivity (Wildman–Crippen MR) is 66.2 cm³/mol. The highest BCUT2D eigenvalue weighted by atomic mass is 35.5. The number of nitrogens with zero attached hydrogens (tertiary/aromatic N) is 1. The van der Waals surface area contributed by atoms with Crippen molar-refractivity contribution in [3.05, 3.63) is 34.9 Å². The number of aliphatic hydroxyl groups excluding tert-OH is 1. The Bertz CT molecular complexity index is 367. The Hall–Kier alpha value is -1.10. The van der Waals surface area contributed by atoms with E-state index in [4.69, 9.17) is 16.7 Å². The van der Waals surface area contributed by atoms with E-state index in [0.29, 0.717) is 18.1 Å². The molecule has 1 aromatic rings. The van der Waals surface area contributed by atoms with E-state index in [9.17, 15) is 9.90 Å².